The van der Waals surface area contributed by atoms with Crippen molar-refractivity contribution >= 4 is 0 Å². The Morgan fingerprint density at radius 2 is 2.17 bits per heavy atom. The number of aliphatic hydroxyl groups is 1. The molecule has 1 saturated heterocycles. The molecule has 4 heteroatoms. The smallest absolute Gasteiger partial charge is 0.231 e. The normalized spacial score (nSPS) is 27.4. The van der Waals surface area contributed by atoms with E-state index in [0.29, 0.717) is 12.7 Å². The summed E-state index contributed by atoms with van der Waals surface area (Å²) >= 11 is 0. The highest BCUT2D eigenvalue weighted by Gasteiger charge is 2.24. The summed E-state index contributed by atoms with van der Waals surface area (Å²) in [5, 5.41) is 9.73. The first-order chi connectivity index (χ1) is 8.72. The third kappa shape index (κ3) is 2.31. The maximum absolute atomic E-state index is 9.73. The predicted octanol–water partition coefficient (Wildman–Crippen LogP) is 1.62. The molecule has 18 heavy (non-hydrogen) atoms. The quantitative estimate of drug-likeness (QED) is 0.865. The van der Waals surface area contributed by atoms with Crippen LogP contribution in [0.2, 0.25) is 0 Å². The summed E-state index contributed by atoms with van der Waals surface area (Å²) in [7, 11) is 0. The van der Waals surface area contributed by atoms with Crippen molar-refractivity contribution in [3.8, 4) is 11.5 Å². The maximum atomic E-state index is 9.73. The van der Waals surface area contributed by atoms with Crippen LogP contribution in [-0.2, 0) is 6.54 Å². The fraction of sp³-hybridized carbons (Fsp3) is 0.571. The Morgan fingerprint density at radius 1 is 1.33 bits per heavy atom. The Labute approximate surface area is 107 Å². The molecule has 0 aromatic heterocycles. The van der Waals surface area contributed by atoms with E-state index < -0.39 is 0 Å². The van der Waals surface area contributed by atoms with Gasteiger partial charge >= 0.3 is 0 Å². The van der Waals surface area contributed by atoms with Gasteiger partial charge in [0.1, 0.15) is 0 Å². The lowest BCUT2D eigenvalue weighted by molar-refractivity contribution is 0.0320. The lowest BCUT2D eigenvalue weighted by Crippen LogP contribution is -2.41. The van der Waals surface area contributed by atoms with Gasteiger partial charge in [0.2, 0.25) is 6.79 Å². The Hall–Kier alpha value is -1.26. The largest absolute Gasteiger partial charge is 0.454 e. The summed E-state index contributed by atoms with van der Waals surface area (Å²) < 4.78 is 10.7. The van der Waals surface area contributed by atoms with Crippen molar-refractivity contribution in [3.63, 3.8) is 0 Å². The maximum Gasteiger partial charge on any atom is 0.231 e. The number of benzene rings is 1. The fourth-order valence-electron chi connectivity index (χ4n) is 2.66. The zero-order valence-electron chi connectivity index (χ0n) is 10.6. The number of likely N-dealkylation sites (tertiary alicyclic amines) is 1. The molecular weight excluding hydrogens is 230 g/mol. The first-order valence-electron chi connectivity index (χ1n) is 6.51. The number of ether oxygens (including phenoxy) is 2. The summed E-state index contributed by atoms with van der Waals surface area (Å²) in [6, 6.07) is 6.11. The highest BCUT2D eigenvalue weighted by Crippen LogP contribution is 2.33. The molecule has 0 radical (unpaired) electrons. The van der Waals surface area contributed by atoms with Crippen LogP contribution in [0.4, 0.5) is 0 Å². The van der Waals surface area contributed by atoms with Crippen LogP contribution in [0.3, 0.4) is 0 Å². The molecule has 2 heterocycles. The molecule has 1 fully saturated rings. The topological polar surface area (TPSA) is 41.9 Å². The van der Waals surface area contributed by atoms with Crippen LogP contribution >= 0.6 is 0 Å². The second kappa shape index (κ2) is 4.78. The second-order valence-electron chi connectivity index (χ2n) is 5.26. The van der Waals surface area contributed by atoms with Crippen LogP contribution in [0.15, 0.2) is 18.2 Å². The van der Waals surface area contributed by atoms with Gasteiger partial charge in [0.15, 0.2) is 11.5 Å². The fourth-order valence-corrected chi connectivity index (χ4v) is 2.66. The predicted molar refractivity (Wildman–Crippen MR) is 67.6 cm³/mol. The standard InChI is InChI=1S/C14H19NO3/c1-10-7-15(5-4-12(10)16)8-11-2-3-13-14(6-11)18-9-17-13/h2-3,6,10,12,16H,4-5,7-9H2,1H3. The van der Waals surface area contributed by atoms with Gasteiger partial charge in [0, 0.05) is 19.6 Å². The zero-order chi connectivity index (χ0) is 12.5. The van der Waals surface area contributed by atoms with Crippen LogP contribution in [0.1, 0.15) is 18.9 Å². The van der Waals surface area contributed by atoms with Crippen LogP contribution in [-0.4, -0.2) is 36.0 Å². The molecule has 98 valence electrons. The molecule has 0 spiro atoms. The van der Waals surface area contributed by atoms with E-state index >= 15 is 0 Å². The summed E-state index contributed by atoms with van der Waals surface area (Å²) in [5.41, 5.74) is 1.24. The SMILES string of the molecule is CC1CN(Cc2ccc3c(c2)OCO3)CCC1O. The van der Waals surface area contributed by atoms with E-state index in [1.807, 2.05) is 6.07 Å². The van der Waals surface area contributed by atoms with Crippen LogP contribution in [0.25, 0.3) is 0 Å². The number of nitrogens with zero attached hydrogens (tertiary/aromatic N) is 1. The third-order valence-electron chi connectivity index (χ3n) is 3.79. The minimum absolute atomic E-state index is 0.141. The highest BCUT2D eigenvalue weighted by molar-refractivity contribution is 5.44. The molecule has 0 saturated carbocycles. The monoisotopic (exact) mass is 249 g/mol. The van der Waals surface area contributed by atoms with E-state index in [9.17, 15) is 5.11 Å². The van der Waals surface area contributed by atoms with Gasteiger partial charge in [-0.2, -0.15) is 0 Å². The van der Waals surface area contributed by atoms with Gasteiger partial charge in [-0.1, -0.05) is 13.0 Å². The van der Waals surface area contributed by atoms with E-state index in [1.165, 1.54) is 5.56 Å². The minimum atomic E-state index is -0.141. The molecule has 1 aromatic rings. The van der Waals surface area contributed by atoms with Crippen LogP contribution < -0.4 is 9.47 Å². The first-order valence-corrected chi connectivity index (χ1v) is 6.51. The van der Waals surface area contributed by atoms with Crippen molar-refractivity contribution in [2.24, 2.45) is 5.92 Å². The average Bonchev–Trinajstić information content (AvgIpc) is 2.81. The van der Waals surface area contributed by atoms with Gasteiger partial charge in [0.05, 0.1) is 6.10 Å². The van der Waals surface area contributed by atoms with E-state index in [4.69, 9.17) is 9.47 Å². The van der Waals surface area contributed by atoms with Crippen molar-refractivity contribution in [1.82, 2.24) is 4.90 Å². The molecular formula is C14H19NO3. The van der Waals surface area contributed by atoms with Gasteiger partial charge in [-0.3, -0.25) is 4.90 Å². The number of fused-ring (bicyclic) bond motifs is 1. The molecule has 4 nitrogen and oxygen atoms in total. The molecule has 0 amide bonds. The van der Waals surface area contributed by atoms with Crippen molar-refractivity contribution in [1.29, 1.82) is 0 Å². The van der Waals surface area contributed by atoms with Crippen LogP contribution in [0, 0.1) is 5.92 Å². The molecule has 2 aliphatic heterocycles. The van der Waals surface area contributed by atoms with E-state index in [0.717, 1.165) is 37.6 Å². The van der Waals surface area contributed by atoms with Gasteiger partial charge in [-0.25, -0.2) is 0 Å². The van der Waals surface area contributed by atoms with E-state index in [-0.39, 0.29) is 6.10 Å². The summed E-state index contributed by atoms with van der Waals surface area (Å²) in [4.78, 5) is 2.38. The molecule has 1 aromatic carbocycles. The van der Waals surface area contributed by atoms with Gasteiger partial charge in [-0.05, 0) is 30.0 Å². The average molecular weight is 249 g/mol. The molecule has 2 aliphatic rings. The highest BCUT2D eigenvalue weighted by atomic mass is 16.7. The molecule has 2 atom stereocenters. The first kappa shape index (κ1) is 11.8. The number of rotatable bonds is 2. The Bertz CT molecular complexity index is 435. The van der Waals surface area contributed by atoms with Crippen LogP contribution in [0.5, 0.6) is 11.5 Å². The van der Waals surface area contributed by atoms with Gasteiger partial charge in [-0.15, -0.1) is 0 Å². The molecule has 0 bridgehead atoms. The number of piperidine rings is 1. The Kier molecular flexibility index (Phi) is 3.14. The van der Waals surface area contributed by atoms with Gasteiger partial charge < -0.3 is 14.6 Å². The molecule has 1 N–H and O–H groups in total. The van der Waals surface area contributed by atoms with E-state index in [1.54, 1.807) is 0 Å². The number of hydrogen-bond donors (Lipinski definition) is 1. The summed E-state index contributed by atoms with van der Waals surface area (Å²) in [6.07, 6.45) is 0.726. The lowest BCUT2D eigenvalue weighted by atomic mass is 9.96. The van der Waals surface area contributed by atoms with Crippen molar-refractivity contribution < 1.29 is 14.6 Å². The number of hydrogen-bond acceptors (Lipinski definition) is 4. The lowest BCUT2D eigenvalue weighted by Gasteiger charge is -2.34. The minimum Gasteiger partial charge on any atom is -0.454 e. The second-order valence-corrected chi connectivity index (χ2v) is 5.26. The van der Waals surface area contributed by atoms with Crippen molar-refractivity contribution in [3.05, 3.63) is 23.8 Å². The third-order valence-corrected chi connectivity index (χ3v) is 3.79. The Balaban J connectivity index is 1.66. The van der Waals surface area contributed by atoms with Crippen molar-refractivity contribution in [2.75, 3.05) is 19.9 Å². The molecule has 0 aliphatic carbocycles. The molecule has 3 rings (SSSR count). The Morgan fingerprint density at radius 3 is 3.00 bits per heavy atom. The van der Waals surface area contributed by atoms with E-state index in [2.05, 4.69) is 24.0 Å². The summed E-state index contributed by atoms with van der Waals surface area (Å²) in [5.74, 6) is 2.03. The van der Waals surface area contributed by atoms with Gasteiger partial charge in [0.25, 0.3) is 0 Å². The van der Waals surface area contributed by atoms with Crippen molar-refractivity contribution in [2.45, 2.75) is 26.0 Å². The molecule has 2 unspecified atom stereocenters. The zero-order valence-corrected chi connectivity index (χ0v) is 10.6. The number of aliphatic hydroxyl groups excluding tert-OH is 1. The summed E-state index contributed by atoms with van der Waals surface area (Å²) in [6.45, 7) is 5.26.